The van der Waals surface area contributed by atoms with Gasteiger partial charge in [-0.3, -0.25) is 24.5 Å². The molecule has 0 radical (unpaired) electrons. The Bertz CT molecular complexity index is 1340. The van der Waals surface area contributed by atoms with Crippen molar-refractivity contribution in [3.05, 3.63) is 107 Å². The average Bonchev–Trinajstić information content (AvgIpc) is 2.93. The smallest absolute Gasteiger partial charge is 0.307 e. The third kappa shape index (κ3) is 6.65. The summed E-state index contributed by atoms with van der Waals surface area (Å²) in [6, 6.07) is 21.8. The standard InChI is InChI=1S/C28H25N3O6S/c32-26(23-8-4-5-9-24(23)28(34)35)29-20-12-16-22(17-13-20)38-25(18-6-2-1-3-7-18)27(33)30-19-10-14-21(15-11-19)31(36)37/h1-7,10-17,23-25H,8-9H2,(H,29,32)(H,30,33)(H,34,35). The number of nitrogens with one attached hydrogen (secondary N) is 2. The Kier molecular flexibility index (Phi) is 8.55. The number of allylic oxidation sites excluding steroid dienone is 2. The molecule has 3 unspecified atom stereocenters. The highest BCUT2D eigenvalue weighted by Gasteiger charge is 2.34. The molecule has 0 saturated carbocycles. The van der Waals surface area contributed by atoms with Crippen molar-refractivity contribution >= 4 is 46.6 Å². The average molecular weight is 532 g/mol. The van der Waals surface area contributed by atoms with Gasteiger partial charge < -0.3 is 15.7 Å². The van der Waals surface area contributed by atoms with Crippen LogP contribution in [0.25, 0.3) is 0 Å². The predicted octanol–water partition coefficient (Wildman–Crippen LogP) is 5.67. The molecule has 0 spiro atoms. The highest BCUT2D eigenvalue weighted by molar-refractivity contribution is 8.00. The fraction of sp³-hybridized carbons (Fsp3) is 0.179. The van der Waals surface area contributed by atoms with Crippen LogP contribution in [0.3, 0.4) is 0 Å². The molecule has 2 amide bonds. The molecule has 1 aliphatic carbocycles. The summed E-state index contributed by atoms with van der Waals surface area (Å²) < 4.78 is 0. The van der Waals surface area contributed by atoms with E-state index in [1.54, 1.807) is 30.3 Å². The summed E-state index contributed by atoms with van der Waals surface area (Å²) in [5.74, 6) is -3.02. The monoisotopic (exact) mass is 531 g/mol. The largest absolute Gasteiger partial charge is 0.481 e. The molecule has 3 aromatic carbocycles. The number of hydrogen-bond donors (Lipinski definition) is 3. The van der Waals surface area contributed by atoms with Crippen molar-refractivity contribution < 1.29 is 24.4 Å². The van der Waals surface area contributed by atoms with E-state index >= 15 is 0 Å². The fourth-order valence-corrected chi connectivity index (χ4v) is 5.16. The second-order valence-electron chi connectivity index (χ2n) is 8.71. The van der Waals surface area contributed by atoms with Gasteiger partial charge in [0.1, 0.15) is 5.25 Å². The van der Waals surface area contributed by atoms with Gasteiger partial charge in [0.15, 0.2) is 0 Å². The highest BCUT2D eigenvalue weighted by atomic mass is 32.2. The van der Waals surface area contributed by atoms with E-state index in [-0.39, 0.29) is 17.5 Å². The number of rotatable bonds is 9. The van der Waals surface area contributed by atoms with E-state index in [2.05, 4.69) is 10.6 Å². The summed E-state index contributed by atoms with van der Waals surface area (Å²) in [6.07, 6.45) is 4.32. The number of nitro benzene ring substituents is 1. The molecule has 4 rings (SSSR count). The molecule has 194 valence electrons. The third-order valence-corrected chi connectivity index (χ3v) is 7.41. The number of hydrogen-bond acceptors (Lipinski definition) is 6. The summed E-state index contributed by atoms with van der Waals surface area (Å²) in [6.45, 7) is 0. The number of nitro groups is 1. The number of anilines is 2. The van der Waals surface area contributed by atoms with Gasteiger partial charge in [-0.1, -0.05) is 42.5 Å². The summed E-state index contributed by atoms with van der Waals surface area (Å²) in [4.78, 5) is 48.7. The van der Waals surface area contributed by atoms with Gasteiger partial charge in [0.25, 0.3) is 5.69 Å². The quantitative estimate of drug-likeness (QED) is 0.140. The first-order chi connectivity index (χ1) is 18.3. The van der Waals surface area contributed by atoms with Gasteiger partial charge in [0, 0.05) is 28.4 Å². The Balaban J connectivity index is 1.46. The zero-order valence-electron chi connectivity index (χ0n) is 20.2. The second-order valence-corrected chi connectivity index (χ2v) is 9.89. The van der Waals surface area contributed by atoms with Crippen LogP contribution in [0.4, 0.5) is 17.1 Å². The van der Waals surface area contributed by atoms with Gasteiger partial charge in [-0.05, 0) is 54.8 Å². The number of carbonyl (C=O) groups is 3. The minimum absolute atomic E-state index is 0.0670. The Morgan fingerprint density at radius 2 is 1.42 bits per heavy atom. The van der Waals surface area contributed by atoms with Gasteiger partial charge >= 0.3 is 5.97 Å². The Morgan fingerprint density at radius 1 is 0.842 bits per heavy atom. The first-order valence-electron chi connectivity index (χ1n) is 11.9. The van der Waals surface area contributed by atoms with Gasteiger partial charge in [-0.25, -0.2) is 0 Å². The fourth-order valence-electron chi connectivity index (χ4n) is 4.14. The van der Waals surface area contributed by atoms with Gasteiger partial charge in [0.2, 0.25) is 11.8 Å². The Morgan fingerprint density at radius 3 is 2.03 bits per heavy atom. The van der Waals surface area contributed by atoms with Crippen molar-refractivity contribution in [2.24, 2.45) is 11.8 Å². The van der Waals surface area contributed by atoms with Crippen LogP contribution in [0.1, 0.15) is 23.7 Å². The van der Waals surface area contributed by atoms with E-state index in [1.807, 2.05) is 36.4 Å². The number of benzene rings is 3. The number of non-ortho nitro benzene ring substituents is 1. The third-order valence-electron chi connectivity index (χ3n) is 6.15. The Hall–Kier alpha value is -4.44. The van der Waals surface area contributed by atoms with Gasteiger partial charge in [0.05, 0.1) is 16.8 Å². The van der Waals surface area contributed by atoms with Crippen LogP contribution in [-0.2, 0) is 14.4 Å². The van der Waals surface area contributed by atoms with Crippen LogP contribution in [-0.4, -0.2) is 27.8 Å². The van der Waals surface area contributed by atoms with Crippen LogP contribution >= 0.6 is 11.8 Å². The zero-order chi connectivity index (χ0) is 27.1. The maximum atomic E-state index is 13.2. The van der Waals surface area contributed by atoms with Gasteiger partial charge in [-0.2, -0.15) is 0 Å². The molecule has 0 aromatic heterocycles. The maximum Gasteiger partial charge on any atom is 0.307 e. The number of carboxylic acid groups (broad SMARTS) is 1. The summed E-state index contributed by atoms with van der Waals surface area (Å²) in [7, 11) is 0. The topological polar surface area (TPSA) is 139 Å². The molecule has 3 N–H and O–H groups in total. The molecule has 0 saturated heterocycles. The van der Waals surface area contributed by atoms with Crippen LogP contribution in [0, 0.1) is 22.0 Å². The maximum absolute atomic E-state index is 13.2. The lowest BCUT2D eigenvalue weighted by Gasteiger charge is -2.24. The lowest BCUT2D eigenvalue weighted by atomic mass is 9.82. The van der Waals surface area contributed by atoms with Crippen molar-refractivity contribution in [3.8, 4) is 0 Å². The van der Waals surface area contributed by atoms with E-state index in [9.17, 15) is 29.6 Å². The summed E-state index contributed by atoms with van der Waals surface area (Å²) in [5.41, 5.74) is 1.68. The minimum atomic E-state index is -0.986. The molecule has 0 fully saturated rings. The predicted molar refractivity (Wildman–Crippen MR) is 145 cm³/mol. The van der Waals surface area contributed by atoms with Crippen LogP contribution in [0.2, 0.25) is 0 Å². The lowest BCUT2D eigenvalue weighted by molar-refractivity contribution is -0.384. The molecule has 3 aromatic rings. The van der Waals surface area contributed by atoms with Crippen molar-refractivity contribution in [2.75, 3.05) is 10.6 Å². The van der Waals surface area contributed by atoms with E-state index in [4.69, 9.17) is 0 Å². The molecule has 38 heavy (non-hydrogen) atoms. The Labute approximate surface area is 223 Å². The molecule has 3 atom stereocenters. The van der Waals surface area contributed by atoms with Crippen LogP contribution in [0.5, 0.6) is 0 Å². The van der Waals surface area contributed by atoms with E-state index in [0.717, 1.165) is 10.5 Å². The normalized spacial score (nSPS) is 17.3. The molecule has 0 aliphatic heterocycles. The minimum Gasteiger partial charge on any atom is -0.481 e. The van der Waals surface area contributed by atoms with Crippen molar-refractivity contribution in [3.63, 3.8) is 0 Å². The second kappa shape index (κ2) is 12.2. The van der Waals surface area contributed by atoms with E-state index < -0.39 is 28.0 Å². The first-order valence-corrected chi connectivity index (χ1v) is 12.8. The number of aliphatic carboxylic acids is 1. The van der Waals surface area contributed by atoms with E-state index in [1.165, 1.54) is 36.0 Å². The number of thioether (sulfide) groups is 1. The SMILES string of the molecule is O=C(Nc1ccc([N+](=O)[O-])cc1)C(Sc1ccc(NC(=O)C2CC=CCC2C(=O)O)cc1)c1ccccc1. The zero-order valence-corrected chi connectivity index (χ0v) is 21.0. The number of carbonyl (C=O) groups excluding carboxylic acids is 2. The van der Waals surface area contributed by atoms with Crippen molar-refractivity contribution in [1.82, 2.24) is 0 Å². The number of carboxylic acids is 1. The first kappa shape index (κ1) is 26.6. The highest BCUT2D eigenvalue weighted by Crippen LogP contribution is 2.37. The van der Waals surface area contributed by atoms with Crippen LogP contribution < -0.4 is 10.6 Å². The molecule has 1 aliphatic rings. The molecular weight excluding hydrogens is 506 g/mol. The van der Waals surface area contributed by atoms with Crippen molar-refractivity contribution in [2.45, 2.75) is 23.0 Å². The number of amides is 2. The molecular formula is C28H25N3O6S. The molecule has 9 nitrogen and oxygen atoms in total. The summed E-state index contributed by atoms with van der Waals surface area (Å²) in [5, 5.41) is 25.3. The lowest BCUT2D eigenvalue weighted by Crippen LogP contribution is -2.34. The number of nitrogens with zero attached hydrogens (tertiary/aromatic N) is 1. The van der Waals surface area contributed by atoms with E-state index in [0.29, 0.717) is 24.2 Å². The van der Waals surface area contributed by atoms with Crippen molar-refractivity contribution in [1.29, 1.82) is 0 Å². The molecule has 0 heterocycles. The van der Waals surface area contributed by atoms with Crippen LogP contribution in [0.15, 0.2) is 95.9 Å². The molecule has 10 heteroatoms. The van der Waals surface area contributed by atoms with Gasteiger partial charge in [-0.15, -0.1) is 11.8 Å². The summed E-state index contributed by atoms with van der Waals surface area (Å²) >= 11 is 1.32. The molecule has 0 bridgehead atoms.